The molecule has 1 aromatic heterocycles. The van der Waals surface area contributed by atoms with Gasteiger partial charge in [-0.25, -0.2) is 4.98 Å². The van der Waals surface area contributed by atoms with Crippen LogP contribution in [0.5, 0.6) is 5.75 Å². The molecule has 0 spiro atoms. The van der Waals surface area contributed by atoms with Crippen molar-refractivity contribution in [3.63, 3.8) is 0 Å². The van der Waals surface area contributed by atoms with Gasteiger partial charge in [-0.3, -0.25) is 0 Å². The summed E-state index contributed by atoms with van der Waals surface area (Å²) in [5, 5.41) is 10.7. The van der Waals surface area contributed by atoms with E-state index in [0.29, 0.717) is 6.61 Å². The minimum atomic E-state index is 0.00652. The number of aromatic nitrogens is 1. The lowest BCUT2D eigenvalue weighted by molar-refractivity contribution is 0.202. The van der Waals surface area contributed by atoms with E-state index in [-0.39, 0.29) is 6.61 Å². The number of halogens is 1. The molecule has 3 nitrogen and oxygen atoms in total. The standard InChI is InChI=1S/C11H10BrNO2S/c12-8-1-2-11(15-4-3-14)9(5-8)10-6-16-7-13-10/h1-2,5-7,14H,3-4H2. The third-order valence-corrected chi connectivity index (χ3v) is 3.08. The quantitative estimate of drug-likeness (QED) is 0.944. The Morgan fingerprint density at radius 3 is 3.00 bits per heavy atom. The number of hydrogen-bond donors (Lipinski definition) is 1. The van der Waals surface area contributed by atoms with Crippen molar-refractivity contribution >= 4 is 27.3 Å². The van der Waals surface area contributed by atoms with Crippen LogP contribution in [-0.4, -0.2) is 23.3 Å². The molecule has 0 bridgehead atoms. The van der Waals surface area contributed by atoms with Crippen LogP contribution in [0.3, 0.4) is 0 Å². The highest BCUT2D eigenvalue weighted by Crippen LogP contribution is 2.32. The van der Waals surface area contributed by atoms with Crippen molar-refractivity contribution in [2.24, 2.45) is 0 Å². The fourth-order valence-electron chi connectivity index (χ4n) is 1.33. The van der Waals surface area contributed by atoms with E-state index in [9.17, 15) is 0 Å². The lowest BCUT2D eigenvalue weighted by Crippen LogP contribution is -2.02. The fraction of sp³-hybridized carbons (Fsp3) is 0.182. The van der Waals surface area contributed by atoms with E-state index in [2.05, 4.69) is 20.9 Å². The highest BCUT2D eigenvalue weighted by atomic mass is 79.9. The first-order valence-electron chi connectivity index (χ1n) is 4.73. The molecule has 0 fully saturated rings. The number of nitrogens with zero attached hydrogens (tertiary/aromatic N) is 1. The van der Waals surface area contributed by atoms with Crippen LogP contribution >= 0.6 is 27.3 Å². The second-order valence-electron chi connectivity index (χ2n) is 3.09. The molecule has 0 aliphatic carbocycles. The maximum absolute atomic E-state index is 8.76. The molecule has 1 heterocycles. The van der Waals surface area contributed by atoms with Crippen LogP contribution in [-0.2, 0) is 0 Å². The monoisotopic (exact) mass is 299 g/mol. The summed E-state index contributed by atoms with van der Waals surface area (Å²) in [5.41, 5.74) is 3.61. The highest BCUT2D eigenvalue weighted by Gasteiger charge is 2.08. The Morgan fingerprint density at radius 2 is 2.31 bits per heavy atom. The molecule has 2 rings (SSSR count). The van der Waals surface area contributed by atoms with Crippen molar-refractivity contribution in [3.8, 4) is 17.0 Å². The molecule has 1 N–H and O–H groups in total. The highest BCUT2D eigenvalue weighted by molar-refractivity contribution is 9.10. The molecule has 0 radical (unpaired) electrons. The van der Waals surface area contributed by atoms with E-state index in [1.54, 1.807) is 16.8 Å². The predicted molar refractivity (Wildman–Crippen MR) is 67.8 cm³/mol. The second-order valence-corrected chi connectivity index (χ2v) is 4.72. The van der Waals surface area contributed by atoms with Crippen LogP contribution in [0.2, 0.25) is 0 Å². The zero-order valence-corrected chi connectivity index (χ0v) is 10.8. The summed E-state index contributed by atoms with van der Waals surface area (Å²) < 4.78 is 6.44. The zero-order valence-electron chi connectivity index (χ0n) is 8.39. The van der Waals surface area contributed by atoms with E-state index in [1.165, 1.54) is 0 Å². The van der Waals surface area contributed by atoms with Crippen molar-refractivity contribution in [3.05, 3.63) is 33.6 Å². The number of benzene rings is 1. The van der Waals surface area contributed by atoms with Gasteiger partial charge >= 0.3 is 0 Å². The topological polar surface area (TPSA) is 42.4 Å². The molecular weight excluding hydrogens is 290 g/mol. The number of thiazole rings is 1. The van der Waals surface area contributed by atoms with E-state index in [0.717, 1.165) is 21.5 Å². The SMILES string of the molecule is OCCOc1ccc(Br)cc1-c1cscn1. The van der Waals surface area contributed by atoms with Gasteiger partial charge in [0.2, 0.25) is 0 Å². The smallest absolute Gasteiger partial charge is 0.128 e. The number of aliphatic hydroxyl groups is 1. The van der Waals surface area contributed by atoms with Gasteiger partial charge in [0.15, 0.2) is 0 Å². The summed E-state index contributed by atoms with van der Waals surface area (Å²) in [6.07, 6.45) is 0. The number of hydrogen-bond acceptors (Lipinski definition) is 4. The number of aliphatic hydroxyl groups excluding tert-OH is 1. The molecule has 0 saturated heterocycles. The van der Waals surface area contributed by atoms with Crippen LogP contribution in [0.25, 0.3) is 11.3 Å². The molecule has 0 atom stereocenters. The molecule has 0 aliphatic heterocycles. The van der Waals surface area contributed by atoms with Crippen molar-refractivity contribution in [2.75, 3.05) is 13.2 Å². The third kappa shape index (κ3) is 2.61. The summed E-state index contributed by atoms with van der Waals surface area (Å²) >= 11 is 4.96. The van der Waals surface area contributed by atoms with Crippen LogP contribution in [0.4, 0.5) is 0 Å². The maximum atomic E-state index is 8.76. The van der Waals surface area contributed by atoms with E-state index < -0.39 is 0 Å². The first kappa shape index (κ1) is 11.6. The summed E-state index contributed by atoms with van der Waals surface area (Å²) in [6, 6.07) is 5.73. The molecule has 84 valence electrons. The number of rotatable bonds is 4. The Balaban J connectivity index is 2.37. The minimum absolute atomic E-state index is 0.00652. The van der Waals surface area contributed by atoms with Gasteiger partial charge in [-0.2, -0.15) is 0 Å². The van der Waals surface area contributed by atoms with Gasteiger partial charge in [0.05, 0.1) is 17.8 Å². The number of ether oxygens (including phenoxy) is 1. The van der Waals surface area contributed by atoms with Gasteiger partial charge in [-0.1, -0.05) is 15.9 Å². The molecule has 16 heavy (non-hydrogen) atoms. The zero-order chi connectivity index (χ0) is 11.4. The van der Waals surface area contributed by atoms with Gasteiger partial charge in [0.25, 0.3) is 0 Å². The summed E-state index contributed by atoms with van der Waals surface area (Å²) in [4.78, 5) is 4.25. The molecule has 2 aromatic rings. The van der Waals surface area contributed by atoms with Crippen molar-refractivity contribution in [1.82, 2.24) is 4.98 Å². The van der Waals surface area contributed by atoms with Crippen LogP contribution in [0, 0.1) is 0 Å². The average molecular weight is 300 g/mol. The third-order valence-electron chi connectivity index (χ3n) is 2.00. The van der Waals surface area contributed by atoms with E-state index in [1.807, 2.05) is 23.6 Å². The van der Waals surface area contributed by atoms with Gasteiger partial charge < -0.3 is 9.84 Å². The van der Waals surface area contributed by atoms with Crippen molar-refractivity contribution < 1.29 is 9.84 Å². The lowest BCUT2D eigenvalue weighted by atomic mass is 10.1. The lowest BCUT2D eigenvalue weighted by Gasteiger charge is -2.09. The first-order chi connectivity index (χ1) is 7.81. The van der Waals surface area contributed by atoms with Crippen molar-refractivity contribution in [1.29, 1.82) is 0 Å². The molecule has 5 heteroatoms. The average Bonchev–Trinajstić information content (AvgIpc) is 2.80. The predicted octanol–water partition coefficient (Wildman–Crippen LogP) is 2.94. The molecular formula is C11H10BrNO2S. The second kappa shape index (κ2) is 5.43. The first-order valence-corrected chi connectivity index (χ1v) is 6.46. The summed E-state index contributed by atoms with van der Waals surface area (Å²) in [7, 11) is 0. The largest absolute Gasteiger partial charge is 0.490 e. The minimum Gasteiger partial charge on any atom is -0.490 e. The van der Waals surface area contributed by atoms with Gasteiger partial charge in [-0.15, -0.1) is 11.3 Å². The van der Waals surface area contributed by atoms with Crippen LogP contribution in [0.15, 0.2) is 33.6 Å². The summed E-state index contributed by atoms with van der Waals surface area (Å²) in [6.45, 7) is 0.297. The Labute approximate surface area is 106 Å². The van der Waals surface area contributed by atoms with Gasteiger partial charge in [0.1, 0.15) is 12.4 Å². The van der Waals surface area contributed by atoms with Crippen LogP contribution < -0.4 is 4.74 Å². The molecule has 1 aromatic carbocycles. The Kier molecular flexibility index (Phi) is 3.93. The molecule has 0 amide bonds. The van der Waals surface area contributed by atoms with Crippen molar-refractivity contribution in [2.45, 2.75) is 0 Å². The molecule has 0 saturated carbocycles. The van der Waals surface area contributed by atoms with Crippen LogP contribution in [0.1, 0.15) is 0 Å². The molecule has 0 aliphatic rings. The Hall–Kier alpha value is -0.910. The fourth-order valence-corrected chi connectivity index (χ4v) is 2.24. The molecule has 0 unspecified atom stereocenters. The van der Waals surface area contributed by atoms with Gasteiger partial charge in [0, 0.05) is 15.4 Å². The summed E-state index contributed by atoms with van der Waals surface area (Å²) in [5.74, 6) is 0.739. The van der Waals surface area contributed by atoms with E-state index >= 15 is 0 Å². The normalized spacial score (nSPS) is 10.4. The van der Waals surface area contributed by atoms with E-state index in [4.69, 9.17) is 9.84 Å². The van der Waals surface area contributed by atoms with Gasteiger partial charge in [-0.05, 0) is 18.2 Å². The Morgan fingerprint density at radius 1 is 1.44 bits per heavy atom. The Bertz CT molecular complexity index is 459. The maximum Gasteiger partial charge on any atom is 0.128 e.